The van der Waals surface area contributed by atoms with E-state index in [9.17, 15) is 8.42 Å². The van der Waals surface area contributed by atoms with E-state index in [1.54, 1.807) is 17.8 Å². The predicted molar refractivity (Wildman–Crippen MR) is 65.5 cm³/mol. The molecule has 92 valence electrons. The van der Waals surface area contributed by atoms with E-state index in [1.807, 2.05) is 6.92 Å². The zero-order valence-electron chi connectivity index (χ0n) is 9.61. The van der Waals surface area contributed by atoms with Gasteiger partial charge in [0.1, 0.15) is 0 Å². The first-order chi connectivity index (χ1) is 7.54. The lowest BCUT2D eigenvalue weighted by molar-refractivity contribution is 0.575. The minimum absolute atomic E-state index is 0.139. The fraction of sp³-hybridized carbons (Fsp3) is 0.700. The Bertz CT molecular complexity index is 440. The Labute approximate surface area is 102 Å². The van der Waals surface area contributed by atoms with Gasteiger partial charge in [-0.3, -0.25) is 4.68 Å². The average Bonchev–Trinajstić information content (AvgIpc) is 2.68. The molecule has 0 amide bonds. The molecule has 0 bridgehead atoms. The molecule has 0 saturated heterocycles. The number of halogens is 1. The van der Waals surface area contributed by atoms with Crippen molar-refractivity contribution in [2.24, 2.45) is 0 Å². The minimum Gasteiger partial charge on any atom is -0.268 e. The fourth-order valence-electron chi connectivity index (χ4n) is 1.53. The van der Waals surface area contributed by atoms with E-state index in [0.29, 0.717) is 12.4 Å². The number of rotatable bonds is 6. The molecule has 1 rings (SSSR count). The second-order valence-electron chi connectivity index (χ2n) is 3.56. The van der Waals surface area contributed by atoms with E-state index in [4.69, 9.17) is 11.6 Å². The second-order valence-corrected chi connectivity index (χ2v) is 6.30. The van der Waals surface area contributed by atoms with Gasteiger partial charge < -0.3 is 0 Å². The number of hydrogen-bond donors (Lipinski definition) is 0. The van der Waals surface area contributed by atoms with Crippen molar-refractivity contribution in [1.29, 1.82) is 0 Å². The summed E-state index contributed by atoms with van der Waals surface area (Å²) in [5.41, 5.74) is 2.01. The number of sulfone groups is 1. The highest BCUT2D eigenvalue weighted by Gasteiger charge is 2.12. The maximum absolute atomic E-state index is 11.4. The summed E-state index contributed by atoms with van der Waals surface area (Å²) in [5.74, 6) is 0.738. The zero-order chi connectivity index (χ0) is 12.2. The Balaban J connectivity index is 2.78. The van der Waals surface area contributed by atoms with Gasteiger partial charge in [-0.15, -0.1) is 11.6 Å². The molecule has 1 heterocycles. The van der Waals surface area contributed by atoms with Crippen molar-refractivity contribution >= 4 is 21.4 Å². The van der Waals surface area contributed by atoms with Crippen molar-refractivity contribution in [2.75, 3.05) is 11.5 Å². The van der Waals surface area contributed by atoms with Crippen molar-refractivity contribution in [1.82, 2.24) is 9.78 Å². The molecule has 0 saturated carbocycles. The van der Waals surface area contributed by atoms with Crippen LogP contribution in [0.25, 0.3) is 0 Å². The molecule has 0 aliphatic rings. The van der Waals surface area contributed by atoms with Crippen molar-refractivity contribution in [2.45, 2.75) is 32.7 Å². The van der Waals surface area contributed by atoms with E-state index >= 15 is 0 Å². The van der Waals surface area contributed by atoms with Crippen LogP contribution in [0.5, 0.6) is 0 Å². The third-order valence-corrected chi connectivity index (χ3v) is 4.54. The maximum Gasteiger partial charge on any atom is 0.151 e. The Morgan fingerprint density at radius 1 is 1.44 bits per heavy atom. The van der Waals surface area contributed by atoms with Gasteiger partial charge in [0.05, 0.1) is 24.4 Å². The molecule has 0 aliphatic heterocycles. The molecule has 0 aromatic carbocycles. The SMILES string of the molecule is CCc1c(CCl)cnn1CCS(=O)(=O)CC. The van der Waals surface area contributed by atoms with Crippen molar-refractivity contribution in [3.05, 3.63) is 17.5 Å². The lowest BCUT2D eigenvalue weighted by Crippen LogP contribution is -2.17. The number of nitrogens with zero attached hydrogens (tertiary/aromatic N) is 2. The average molecular weight is 265 g/mol. The third-order valence-electron chi connectivity index (χ3n) is 2.57. The summed E-state index contributed by atoms with van der Waals surface area (Å²) >= 11 is 5.77. The first-order valence-corrected chi connectivity index (χ1v) is 7.69. The molecule has 6 heteroatoms. The van der Waals surface area contributed by atoms with Gasteiger partial charge in [0.2, 0.25) is 0 Å². The molecule has 0 fully saturated rings. The topological polar surface area (TPSA) is 52.0 Å². The molecule has 0 atom stereocenters. The van der Waals surface area contributed by atoms with Gasteiger partial charge in [0.25, 0.3) is 0 Å². The molecular weight excluding hydrogens is 248 g/mol. The van der Waals surface area contributed by atoms with Gasteiger partial charge in [0.15, 0.2) is 9.84 Å². The maximum atomic E-state index is 11.4. The molecule has 0 radical (unpaired) electrons. The van der Waals surface area contributed by atoms with E-state index in [0.717, 1.165) is 17.7 Å². The minimum atomic E-state index is -2.93. The van der Waals surface area contributed by atoms with Crippen LogP contribution >= 0.6 is 11.6 Å². The summed E-state index contributed by atoms with van der Waals surface area (Å²) < 4.78 is 24.5. The second kappa shape index (κ2) is 5.68. The standard InChI is InChI=1S/C10H17ClN2O2S/c1-3-10-9(7-11)8-12-13(10)5-6-16(14,15)4-2/h8H,3-7H2,1-2H3. The molecule has 1 aromatic heterocycles. The summed E-state index contributed by atoms with van der Waals surface area (Å²) in [6, 6.07) is 0. The number of aryl methyl sites for hydroxylation is 1. The summed E-state index contributed by atoms with van der Waals surface area (Å²) in [7, 11) is -2.93. The van der Waals surface area contributed by atoms with E-state index in [2.05, 4.69) is 5.10 Å². The Kier molecular flexibility index (Phi) is 4.80. The van der Waals surface area contributed by atoms with Gasteiger partial charge in [-0.1, -0.05) is 13.8 Å². The van der Waals surface area contributed by atoms with Crippen LogP contribution in [0.2, 0.25) is 0 Å². The van der Waals surface area contributed by atoms with Crippen LogP contribution in [0, 0.1) is 0 Å². The van der Waals surface area contributed by atoms with E-state index < -0.39 is 9.84 Å². The lowest BCUT2D eigenvalue weighted by atomic mass is 10.2. The van der Waals surface area contributed by atoms with Gasteiger partial charge in [-0.05, 0) is 6.42 Å². The molecule has 0 N–H and O–H groups in total. The van der Waals surface area contributed by atoms with Crippen molar-refractivity contribution in [3.63, 3.8) is 0 Å². The number of hydrogen-bond acceptors (Lipinski definition) is 3. The van der Waals surface area contributed by atoms with Crippen LogP contribution < -0.4 is 0 Å². The summed E-state index contributed by atoms with van der Waals surface area (Å²) in [6.45, 7) is 4.08. The molecule has 0 spiro atoms. The highest BCUT2D eigenvalue weighted by Crippen LogP contribution is 2.12. The van der Waals surface area contributed by atoms with Gasteiger partial charge >= 0.3 is 0 Å². The molecule has 0 unspecified atom stereocenters. The highest BCUT2D eigenvalue weighted by atomic mass is 35.5. The van der Waals surface area contributed by atoms with Gasteiger partial charge in [-0.2, -0.15) is 5.10 Å². The van der Waals surface area contributed by atoms with Gasteiger partial charge in [0, 0.05) is 17.0 Å². The summed E-state index contributed by atoms with van der Waals surface area (Å²) in [5, 5.41) is 4.16. The van der Waals surface area contributed by atoms with E-state index in [1.165, 1.54) is 0 Å². The molecular formula is C10H17ClN2O2S. The van der Waals surface area contributed by atoms with Crippen LogP contribution in [-0.4, -0.2) is 29.7 Å². The first-order valence-electron chi connectivity index (χ1n) is 5.34. The molecule has 16 heavy (non-hydrogen) atoms. The normalized spacial score (nSPS) is 11.9. The lowest BCUT2D eigenvalue weighted by Gasteiger charge is -2.07. The molecule has 0 aliphatic carbocycles. The largest absolute Gasteiger partial charge is 0.268 e. The Morgan fingerprint density at radius 3 is 2.62 bits per heavy atom. The fourth-order valence-corrected chi connectivity index (χ4v) is 2.50. The Hall–Kier alpha value is -0.550. The quantitative estimate of drug-likeness (QED) is 0.734. The van der Waals surface area contributed by atoms with Crippen LogP contribution in [0.1, 0.15) is 25.1 Å². The van der Waals surface area contributed by atoms with Crippen molar-refractivity contribution < 1.29 is 8.42 Å². The Morgan fingerprint density at radius 2 is 2.12 bits per heavy atom. The van der Waals surface area contributed by atoms with Crippen LogP contribution in [0.3, 0.4) is 0 Å². The van der Waals surface area contributed by atoms with Gasteiger partial charge in [-0.25, -0.2) is 8.42 Å². The van der Waals surface area contributed by atoms with Crippen molar-refractivity contribution in [3.8, 4) is 0 Å². The monoisotopic (exact) mass is 264 g/mol. The zero-order valence-corrected chi connectivity index (χ0v) is 11.2. The van der Waals surface area contributed by atoms with Crippen LogP contribution in [-0.2, 0) is 28.7 Å². The van der Waals surface area contributed by atoms with Crippen LogP contribution in [0.15, 0.2) is 6.20 Å². The smallest absolute Gasteiger partial charge is 0.151 e. The molecule has 1 aromatic rings. The summed E-state index contributed by atoms with van der Waals surface area (Å²) in [6.07, 6.45) is 2.53. The van der Waals surface area contributed by atoms with E-state index in [-0.39, 0.29) is 11.5 Å². The third kappa shape index (κ3) is 3.22. The highest BCUT2D eigenvalue weighted by molar-refractivity contribution is 7.91. The number of aromatic nitrogens is 2. The molecule has 4 nitrogen and oxygen atoms in total. The predicted octanol–water partition coefficient (Wildman–Crippen LogP) is 1.62. The van der Waals surface area contributed by atoms with Crippen LogP contribution in [0.4, 0.5) is 0 Å². The summed E-state index contributed by atoms with van der Waals surface area (Å²) in [4.78, 5) is 0. The first kappa shape index (κ1) is 13.5. The number of alkyl halides is 1.